The third kappa shape index (κ3) is 2.46. The summed E-state index contributed by atoms with van der Waals surface area (Å²) in [4.78, 5) is 1.71. The van der Waals surface area contributed by atoms with E-state index in [0.29, 0.717) is 19.2 Å². The van der Waals surface area contributed by atoms with Crippen LogP contribution in [0.3, 0.4) is 0 Å². The van der Waals surface area contributed by atoms with E-state index < -0.39 is 17.5 Å². The molecule has 1 unspecified atom stereocenters. The Bertz CT molecular complexity index is 460. The number of benzene rings is 1. The van der Waals surface area contributed by atoms with Crippen LogP contribution in [-0.2, 0) is 0 Å². The molecule has 1 aliphatic rings. The minimum Gasteiger partial charge on any atom is -0.363 e. The topological polar surface area (TPSA) is 15.3 Å². The summed E-state index contributed by atoms with van der Waals surface area (Å²) in [6.45, 7) is 6.97. The van der Waals surface area contributed by atoms with Crippen molar-refractivity contribution in [1.29, 1.82) is 0 Å². The quantitative estimate of drug-likeness (QED) is 0.779. The third-order valence-corrected chi connectivity index (χ3v) is 3.26. The number of anilines is 1. The van der Waals surface area contributed by atoms with Gasteiger partial charge in [-0.15, -0.1) is 0 Å². The molecule has 1 atom stereocenters. The first-order valence-electron chi connectivity index (χ1n) is 5.96. The number of piperazine rings is 1. The molecule has 1 aromatic carbocycles. The first kappa shape index (κ1) is 13.2. The van der Waals surface area contributed by atoms with E-state index >= 15 is 0 Å². The maximum absolute atomic E-state index is 13.8. The van der Waals surface area contributed by atoms with Gasteiger partial charge in [-0.2, -0.15) is 0 Å². The molecule has 1 N–H and O–H groups in total. The highest BCUT2D eigenvalue weighted by atomic mass is 19.2. The van der Waals surface area contributed by atoms with Crippen molar-refractivity contribution in [2.24, 2.45) is 0 Å². The molecule has 0 spiro atoms. The van der Waals surface area contributed by atoms with Gasteiger partial charge in [0, 0.05) is 36.8 Å². The monoisotopic (exact) mass is 258 g/mol. The normalized spacial score (nSPS) is 23.2. The molecular weight excluding hydrogens is 241 g/mol. The predicted octanol–water partition coefficient (Wildman–Crippen LogP) is 2.68. The van der Waals surface area contributed by atoms with Gasteiger partial charge in [0.1, 0.15) is 5.82 Å². The van der Waals surface area contributed by atoms with Gasteiger partial charge in [0.05, 0.1) is 5.69 Å². The van der Waals surface area contributed by atoms with Crippen LogP contribution < -0.4 is 10.2 Å². The zero-order chi connectivity index (χ0) is 13.5. The molecule has 0 amide bonds. The predicted molar refractivity (Wildman–Crippen MR) is 65.2 cm³/mol. The molecule has 1 aromatic rings. The molecule has 2 rings (SSSR count). The van der Waals surface area contributed by atoms with Gasteiger partial charge >= 0.3 is 0 Å². The zero-order valence-corrected chi connectivity index (χ0v) is 10.7. The number of hydrogen-bond acceptors (Lipinski definition) is 2. The van der Waals surface area contributed by atoms with Gasteiger partial charge in [-0.25, -0.2) is 13.2 Å². The fourth-order valence-electron chi connectivity index (χ4n) is 2.25. The molecule has 1 aliphatic heterocycles. The van der Waals surface area contributed by atoms with Crippen molar-refractivity contribution in [3.05, 3.63) is 29.6 Å². The zero-order valence-electron chi connectivity index (χ0n) is 10.7. The Hall–Kier alpha value is -1.23. The maximum atomic E-state index is 13.8. The first-order chi connectivity index (χ1) is 8.30. The average molecular weight is 258 g/mol. The van der Waals surface area contributed by atoms with Crippen molar-refractivity contribution in [1.82, 2.24) is 5.32 Å². The summed E-state index contributed by atoms with van der Waals surface area (Å²) in [5.74, 6) is -2.89. The molecule has 1 saturated heterocycles. The molecule has 100 valence electrons. The van der Waals surface area contributed by atoms with Crippen molar-refractivity contribution >= 4 is 5.69 Å². The second kappa shape index (κ2) is 4.46. The van der Waals surface area contributed by atoms with Crippen LogP contribution in [0.25, 0.3) is 0 Å². The van der Waals surface area contributed by atoms with E-state index in [4.69, 9.17) is 0 Å². The summed E-state index contributed by atoms with van der Waals surface area (Å²) in [5.41, 5.74) is -0.226. The van der Waals surface area contributed by atoms with E-state index in [0.717, 1.165) is 6.07 Å². The molecule has 0 saturated carbocycles. The van der Waals surface area contributed by atoms with E-state index in [1.54, 1.807) is 4.90 Å². The molecule has 0 bridgehead atoms. The van der Waals surface area contributed by atoms with Crippen molar-refractivity contribution in [2.75, 3.05) is 18.0 Å². The van der Waals surface area contributed by atoms with Crippen molar-refractivity contribution in [3.63, 3.8) is 0 Å². The molecular formula is C13H17F3N2. The van der Waals surface area contributed by atoms with Gasteiger partial charge in [-0.05, 0) is 20.8 Å². The van der Waals surface area contributed by atoms with Crippen LogP contribution in [-0.4, -0.2) is 24.7 Å². The van der Waals surface area contributed by atoms with E-state index in [1.165, 1.54) is 0 Å². The Balaban J connectivity index is 2.41. The largest absolute Gasteiger partial charge is 0.363 e. The highest BCUT2D eigenvalue weighted by Gasteiger charge is 2.32. The highest BCUT2D eigenvalue weighted by molar-refractivity contribution is 5.50. The molecule has 0 aromatic heterocycles. The van der Waals surface area contributed by atoms with Crippen LogP contribution in [0.15, 0.2) is 12.1 Å². The Kier molecular flexibility index (Phi) is 3.27. The second-order valence-corrected chi connectivity index (χ2v) is 5.46. The lowest BCUT2D eigenvalue weighted by molar-refractivity contribution is 0.315. The molecule has 1 heterocycles. The Morgan fingerprint density at radius 3 is 2.61 bits per heavy atom. The van der Waals surface area contributed by atoms with E-state index in [2.05, 4.69) is 5.32 Å². The SMILES string of the molecule is CC1CNC(C)(C)CN1c1cc(F)cc(F)c1F. The van der Waals surface area contributed by atoms with Crippen molar-refractivity contribution in [3.8, 4) is 0 Å². The summed E-state index contributed by atoms with van der Waals surface area (Å²) in [7, 11) is 0. The van der Waals surface area contributed by atoms with Crippen LogP contribution in [0.1, 0.15) is 20.8 Å². The lowest BCUT2D eigenvalue weighted by Crippen LogP contribution is -2.61. The summed E-state index contributed by atoms with van der Waals surface area (Å²) in [6.07, 6.45) is 0. The molecule has 1 fully saturated rings. The smallest absolute Gasteiger partial charge is 0.182 e. The lowest BCUT2D eigenvalue weighted by atomic mass is 9.98. The van der Waals surface area contributed by atoms with Gasteiger partial charge < -0.3 is 10.2 Å². The van der Waals surface area contributed by atoms with E-state index in [9.17, 15) is 13.2 Å². The van der Waals surface area contributed by atoms with Crippen LogP contribution in [0.5, 0.6) is 0 Å². The van der Waals surface area contributed by atoms with Crippen LogP contribution in [0.4, 0.5) is 18.9 Å². The second-order valence-electron chi connectivity index (χ2n) is 5.46. The Labute approximate surface area is 105 Å². The third-order valence-electron chi connectivity index (χ3n) is 3.26. The summed E-state index contributed by atoms with van der Waals surface area (Å²) >= 11 is 0. The van der Waals surface area contributed by atoms with Crippen LogP contribution in [0.2, 0.25) is 0 Å². The van der Waals surface area contributed by atoms with Crippen LogP contribution >= 0.6 is 0 Å². The lowest BCUT2D eigenvalue weighted by Gasteiger charge is -2.44. The summed E-state index contributed by atoms with van der Waals surface area (Å²) in [5, 5.41) is 3.30. The summed E-state index contributed by atoms with van der Waals surface area (Å²) < 4.78 is 40.3. The fourth-order valence-corrected chi connectivity index (χ4v) is 2.25. The first-order valence-corrected chi connectivity index (χ1v) is 5.96. The van der Waals surface area contributed by atoms with Gasteiger partial charge in [0.2, 0.25) is 0 Å². The molecule has 18 heavy (non-hydrogen) atoms. The minimum absolute atomic E-state index is 0.00502. The number of nitrogens with one attached hydrogen (secondary N) is 1. The molecule has 0 aliphatic carbocycles. The van der Waals surface area contributed by atoms with Crippen LogP contribution in [0, 0.1) is 17.5 Å². The number of nitrogens with zero attached hydrogens (tertiary/aromatic N) is 1. The highest BCUT2D eigenvalue weighted by Crippen LogP contribution is 2.28. The molecule has 5 heteroatoms. The van der Waals surface area contributed by atoms with E-state index in [1.807, 2.05) is 20.8 Å². The van der Waals surface area contributed by atoms with Crippen molar-refractivity contribution in [2.45, 2.75) is 32.4 Å². The number of rotatable bonds is 1. The van der Waals surface area contributed by atoms with Crippen molar-refractivity contribution < 1.29 is 13.2 Å². The fraction of sp³-hybridized carbons (Fsp3) is 0.538. The van der Waals surface area contributed by atoms with E-state index in [-0.39, 0.29) is 17.3 Å². The van der Waals surface area contributed by atoms with Gasteiger partial charge in [-0.3, -0.25) is 0 Å². The maximum Gasteiger partial charge on any atom is 0.182 e. The van der Waals surface area contributed by atoms with Gasteiger partial charge in [0.15, 0.2) is 11.6 Å². The number of halogens is 3. The Morgan fingerprint density at radius 2 is 1.94 bits per heavy atom. The number of hydrogen-bond donors (Lipinski definition) is 1. The Morgan fingerprint density at radius 1 is 1.28 bits per heavy atom. The van der Waals surface area contributed by atoms with Gasteiger partial charge in [-0.1, -0.05) is 0 Å². The molecule has 0 radical (unpaired) electrons. The minimum atomic E-state index is -1.14. The summed E-state index contributed by atoms with van der Waals surface area (Å²) in [6, 6.07) is 1.60. The molecule has 2 nitrogen and oxygen atoms in total. The van der Waals surface area contributed by atoms with Gasteiger partial charge in [0.25, 0.3) is 0 Å². The average Bonchev–Trinajstić information content (AvgIpc) is 2.27. The standard InChI is InChI=1S/C13H17F3N2/c1-8-6-17-13(2,3)7-18(8)11-5-9(14)4-10(15)12(11)16/h4-5,8,17H,6-7H2,1-3H3.